The van der Waals surface area contributed by atoms with Crippen LogP contribution in [0.3, 0.4) is 0 Å². The van der Waals surface area contributed by atoms with Crippen LogP contribution in [0.2, 0.25) is 0 Å². The quantitative estimate of drug-likeness (QED) is 0.112. The maximum absolute atomic E-state index is 5.40. The van der Waals surface area contributed by atoms with Gasteiger partial charge in [-0.25, -0.2) is 19.9 Å². The number of pyridine rings is 2. The molecule has 5 aromatic heterocycles. The SMILES string of the molecule is c1ccc(-c2nc(-c3ccccc3)nc(-n3c4ccccc4c4ccc5c(c43)-c3ccccc3C53c4ccccc4-c4c(-c5ccc(-c6cccc(-c7cccc(-c8nc(-c9cccc(-c%10cccc(-c%11cccnc%11)c%10)c9)nc(-c9cccc(-c%10cccc(-c%11cccnc%11)c%10)c9)n8)c7)c6)cc5)cccc43)n2)cc1. The lowest BCUT2D eigenvalue weighted by Crippen LogP contribution is -2.25. The Labute approximate surface area is 635 Å². The van der Waals surface area contributed by atoms with Crippen molar-refractivity contribution < 1.29 is 0 Å². The maximum Gasteiger partial charge on any atom is 0.238 e. The molecule has 5 heterocycles. The Morgan fingerprint density at radius 2 is 0.555 bits per heavy atom. The molecular weight excluding hydrogens is 1340 g/mol. The molecule has 19 aromatic rings. The van der Waals surface area contributed by atoms with Gasteiger partial charge in [-0.1, -0.05) is 303 Å². The van der Waals surface area contributed by atoms with Crippen LogP contribution in [0.15, 0.2) is 383 Å². The molecule has 0 bridgehead atoms. The first kappa shape index (κ1) is 63.7. The lowest BCUT2D eigenvalue weighted by atomic mass is 9.70. The molecule has 0 saturated carbocycles. The van der Waals surface area contributed by atoms with E-state index in [0.29, 0.717) is 35.1 Å². The molecule has 0 fully saturated rings. The first-order chi connectivity index (χ1) is 54.5. The molecule has 2 aliphatic carbocycles. The van der Waals surface area contributed by atoms with Crippen LogP contribution in [-0.2, 0) is 5.41 Å². The standard InChI is InChI=1S/C101H63N9/c1-3-22-66(23-4-1)95-104-96(67-24-5-2-6-25-67)109-100(108-95)110-91-47-12-9-40-83(91)84-52-53-90-93(94(84)110)86-42-8-11-45-88(86)101(90)87-44-10-7-41-85(87)92-82(43-19-46-89(92)101)65-50-48-64(49-51-65)68-26-13-27-69(56-68)72-30-16-35-77(59-72)97-105-98(78-36-17-31-73(60-78)70-28-14-33-75(57-70)80-38-20-54-102-62-80)107-99(106-97)79-37-18-32-74(61-79)71-29-15-34-76(58-71)81-39-21-55-103-63-81/h1-63H. The second-order valence-electron chi connectivity index (χ2n) is 28.2. The van der Waals surface area contributed by atoms with Gasteiger partial charge in [-0.2, -0.15) is 9.97 Å². The highest BCUT2D eigenvalue weighted by atomic mass is 15.2. The minimum Gasteiger partial charge on any atom is -0.277 e. The van der Waals surface area contributed by atoms with Gasteiger partial charge in [-0.05, 0) is 160 Å². The minimum absolute atomic E-state index is 0.563. The van der Waals surface area contributed by atoms with Gasteiger partial charge >= 0.3 is 0 Å². The van der Waals surface area contributed by atoms with E-state index in [1.54, 1.807) is 12.4 Å². The highest BCUT2D eigenvalue weighted by Gasteiger charge is 2.53. The largest absolute Gasteiger partial charge is 0.277 e. The molecule has 1 unspecified atom stereocenters. The molecule has 1 atom stereocenters. The molecule has 110 heavy (non-hydrogen) atoms. The number of hydrogen-bond donors (Lipinski definition) is 0. The van der Waals surface area contributed by atoms with Crippen molar-refractivity contribution in [1.82, 2.24) is 44.4 Å². The van der Waals surface area contributed by atoms with E-state index in [2.05, 4.69) is 324 Å². The van der Waals surface area contributed by atoms with Gasteiger partial charge < -0.3 is 0 Å². The summed E-state index contributed by atoms with van der Waals surface area (Å²) >= 11 is 0. The lowest BCUT2D eigenvalue weighted by Gasteiger charge is -2.30. The fraction of sp³-hybridized carbons (Fsp3) is 0.00990. The number of para-hydroxylation sites is 1. The third kappa shape index (κ3) is 10.8. The van der Waals surface area contributed by atoms with E-state index in [0.717, 1.165) is 122 Å². The van der Waals surface area contributed by atoms with E-state index in [4.69, 9.17) is 29.9 Å². The monoisotopic (exact) mass is 1400 g/mol. The normalized spacial score (nSPS) is 13.1. The van der Waals surface area contributed by atoms with Crippen LogP contribution in [0.25, 0.3) is 185 Å². The van der Waals surface area contributed by atoms with Gasteiger partial charge in [0.15, 0.2) is 29.1 Å². The first-order valence-corrected chi connectivity index (χ1v) is 37.1. The van der Waals surface area contributed by atoms with Crippen LogP contribution in [0.5, 0.6) is 0 Å². The summed E-state index contributed by atoms with van der Waals surface area (Å²) in [6.07, 6.45) is 7.41. The highest BCUT2D eigenvalue weighted by Crippen LogP contribution is 2.65. The van der Waals surface area contributed by atoms with Gasteiger partial charge in [0, 0.05) is 80.1 Å². The smallest absolute Gasteiger partial charge is 0.238 e. The summed E-state index contributed by atoms with van der Waals surface area (Å²) in [5.74, 6) is 3.50. The van der Waals surface area contributed by atoms with E-state index in [1.807, 2.05) is 60.9 Å². The van der Waals surface area contributed by atoms with E-state index < -0.39 is 5.41 Å². The van der Waals surface area contributed by atoms with E-state index >= 15 is 0 Å². The molecule has 0 N–H and O–H groups in total. The summed E-state index contributed by atoms with van der Waals surface area (Å²) in [5, 5.41) is 2.26. The summed E-state index contributed by atoms with van der Waals surface area (Å²) in [4.78, 5) is 40.7. The molecule has 21 rings (SSSR count). The average molecular weight is 1400 g/mol. The van der Waals surface area contributed by atoms with E-state index in [1.165, 1.54) is 50.1 Å². The molecule has 14 aromatic carbocycles. The average Bonchev–Trinajstić information content (AvgIpc) is 1.49. The van der Waals surface area contributed by atoms with Crippen LogP contribution in [0.4, 0.5) is 0 Å². The zero-order valence-corrected chi connectivity index (χ0v) is 59.4. The van der Waals surface area contributed by atoms with Gasteiger partial charge in [0.05, 0.1) is 16.4 Å². The number of rotatable bonds is 13. The Balaban J connectivity index is 0.643. The predicted molar refractivity (Wildman–Crippen MR) is 445 cm³/mol. The second-order valence-corrected chi connectivity index (χ2v) is 28.2. The van der Waals surface area contributed by atoms with E-state index in [9.17, 15) is 0 Å². The third-order valence-corrected chi connectivity index (χ3v) is 21.9. The number of fused-ring (bicyclic) bond motifs is 14. The van der Waals surface area contributed by atoms with Crippen LogP contribution >= 0.6 is 0 Å². The number of nitrogens with zero attached hydrogens (tertiary/aromatic N) is 9. The Bertz CT molecular complexity index is 6630. The first-order valence-electron chi connectivity index (χ1n) is 37.1. The fourth-order valence-electron chi connectivity index (χ4n) is 16.9. The Hall–Kier alpha value is -14.8. The fourth-order valence-corrected chi connectivity index (χ4v) is 16.9. The lowest BCUT2D eigenvalue weighted by molar-refractivity contribution is 0.794. The third-order valence-electron chi connectivity index (χ3n) is 21.9. The topological polar surface area (TPSA) is 108 Å². The predicted octanol–water partition coefficient (Wildman–Crippen LogP) is 24.3. The molecule has 0 aliphatic heterocycles. The Morgan fingerprint density at radius 3 is 1.04 bits per heavy atom. The van der Waals surface area contributed by atoms with Crippen molar-refractivity contribution in [3.8, 4) is 163 Å². The van der Waals surface area contributed by atoms with Crippen molar-refractivity contribution >= 4 is 21.8 Å². The van der Waals surface area contributed by atoms with Crippen LogP contribution in [-0.4, -0.2) is 44.4 Å². The van der Waals surface area contributed by atoms with Crippen molar-refractivity contribution in [2.75, 3.05) is 0 Å². The Morgan fingerprint density at radius 1 is 0.209 bits per heavy atom. The molecule has 0 amide bonds. The van der Waals surface area contributed by atoms with Crippen molar-refractivity contribution in [2.24, 2.45) is 0 Å². The molecule has 2 aliphatic rings. The Kier molecular flexibility index (Phi) is 15.3. The molecule has 9 nitrogen and oxygen atoms in total. The summed E-state index contributed by atoms with van der Waals surface area (Å²) in [6.45, 7) is 0. The van der Waals surface area contributed by atoms with Gasteiger partial charge in [0.2, 0.25) is 5.95 Å². The van der Waals surface area contributed by atoms with Gasteiger partial charge in [-0.3, -0.25) is 14.5 Å². The molecule has 0 radical (unpaired) electrons. The van der Waals surface area contributed by atoms with Crippen molar-refractivity contribution in [2.45, 2.75) is 5.41 Å². The minimum atomic E-state index is -0.652. The number of benzene rings is 14. The summed E-state index contributed by atoms with van der Waals surface area (Å²) in [7, 11) is 0. The van der Waals surface area contributed by atoms with Gasteiger partial charge in [0.1, 0.15) is 0 Å². The molecule has 1 spiro atoms. The van der Waals surface area contributed by atoms with Crippen LogP contribution in [0, 0.1) is 0 Å². The second kappa shape index (κ2) is 26.4. The number of aromatic nitrogens is 9. The van der Waals surface area contributed by atoms with Crippen molar-refractivity contribution in [3.63, 3.8) is 0 Å². The zero-order chi connectivity index (χ0) is 72.6. The van der Waals surface area contributed by atoms with E-state index in [-0.39, 0.29) is 0 Å². The van der Waals surface area contributed by atoms with Crippen LogP contribution in [0.1, 0.15) is 22.3 Å². The highest BCUT2D eigenvalue weighted by molar-refractivity contribution is 6.17. The van der Waals surface area contributed by atoms with Gasteiger partial charge in [0.25, 0.3) is 0 Å². The molecular formula is C101H63N9. The molecule has 512 valence electrons. The summed E-state index contributed by atoms with van der Waals surface area (Å²) in [5.41, 5.74) is 30.9. The van der Waals surface area contributed by atoms with Crippen LogP contribution < -0.4 is 0 Å². The maximum atomic E-state index is 5.40. The zero-order valence-electron chi connectivity index (χ0n) is 59.4. The summed E-state index contributed by atoms with van der Waals surface area (Å²) in [6, 6.07) is 128. The van der Waals surface area contributed by atoms with Crippen molar-refractivity contribution in [1.29, 1.82) is 0 Å². The van der Waals surface area contributed by atoms with Gasteiger partial charge in [-0.15, -0.1) is 0 Å². The molecule has 9 heteroatoms. The summed E-state index contributed by atoms with van der Waals surface area (Å²) < 4.78 is 2.30. The van der Waals surface area contributed by atoms with Crippen molar-refractivity contribution in [3.05, 3.63) is 405 Å². The molecule has 0 saturated heterocycles. The number of hydrogen-bond acceptors (Lipinski definition) is 8.